The summed E-state index contributed by atoms with van der Waals surface area (Å²) in [5, 5.41) is 12.0. The van der Waals surface area contributed by atoms with Crippen LogP contribution in [0.4, 0.5) is 24.8 Å². The summed E-state index contributed by atoms with van der Waals surface area (Å²) >= 11 is 12.4. The van der Waals surface area contributed by atoms with Crippen molar-refractivity contribution in [2.24, 2.45) is 0 Å². The Kier molecular flexibility index (Phi) is 6.60. The number of fused-ring (bicyclic) bond motifs is 3. The van der Waals surface area contributed by atoms with Gasteiger partial charge >= 0.3 is 6.18 Å². The first-order valence-electron chi connectivity index (χ1n) is 11.2. The lowest BCUT2D eigenvalue weighted by atomic mass is 9.84. The minimum absolute atomic E-state index is 0.00166. The number of aryl methyl sites for hydroxylation is 1. The zero-order valence-electron chi connectivity index (χ0n) is 18.5. The van der Waals surface area contributed by atoms with Gasteiger partial charge < -0.3 is 14.6 Å². The zero-order chi connectivity index (χ0) is 24.0. The topological polar surface area (TPSA) is 41.3 Å². The predicted octanol–water partition coefficient (Wildman–Crippen LogP) is 7.69. The first-order valence-corrected chi connectivity index (χ1v) is 11.9. The second-order valence-electron chi connectivity index (χ2n) is 8.55. The van der Waals surface area contributed by atoms with Crippen LogP contribution in [0.2, 0.25) is 10.0 Å². The molecule has 178 valence electrons. The molecule has 0 saturated carbocycles. The quantitative estimate of drug-likeness (QED) is 0.377. The first-order chi connectivity index (χ1) is 15.6. The Morgan fingerprint density at radius 3 is 2.33 bits per heavy atom. The lowest BCUT2D eigenvalue weighted by Crippen LogP contribution is -2.31. The van der Waals surface area contributed by atoms with Crippen LogP contribution in [0.25, 0.3) is 11.0 Å². The van der Waals surface area contributed by atoms with Gasteiger partial charge in [-0.25, -0.2) is 4.98 Å². The molecule has 1 aromatic heterocycles. The zero-order valence-corrected chi connectivity index (χ0v) is 20.0. The number of rotatable bonds is 6. The minimum atomic E-state index is -4.57. The number of anilines is 2. The van der Waals surface area contributed by atoms with Gasteiger partial charge in [0, 0.05) is 23.7 Å². The molecular weight excluding hydrogens is 474 g/mol. The van der Waals surface area contributed by atoms with Crippen LogP contribution in [0.15, 0.2) is 30.3 Å². The van der Waals surface area contributed by atoms with Crippen molar-refractivity contribution in [3.05, 3.63) is 51.5 Å². The summed E-state index contributed by atoms with van der Waals surface area (Å²) in [5.74, 6) is 0.383. The number of benzene rings is 2. The highest BCUT2D eigenvalue weighted by Crippen LogP contribution is 2.45. The summed E-state index contributed by atoms with van der Waals surface area (Å²) < 4.78 is 43.4. The first kappa shape index (κ1) is 24.2. The lowest BCUT2D eigenvalue weighted by Gasteiger charge is -2.33. The SMILES string of the molecule is CCCC(O)(CCC)c1ccc(Cl)c2nc3n(c12)CCCN3c1ccc(Cl)cc1C(F)(F)F. The summed E-state index contributed by atoms with van der Waals surface area (Å²) in [7, 11) is 0. The van der Waals surface area contributed by atoms with Crippen LogP contribution in [0, 0.1) is 0 Å². The van der Waals surface area contributed by atoms with Crippen LogP contribution >= 0.6 is 23.2 Å². The molecule has 1 aliphatic heterocycles. The van der Waals surface area contributed by atoms with Gasteiger partial charge in [0.1, 0.15) is 5.52 Å². The summed E-state index contributed by atoms with van der Waals surface area (Å²) in [4.78, 5) is 6.27. The molecule has 1 N–H and O–H groups in total. The van der Waals surface area contributed by atoms with E-state index in [1.54, 1.807) is 11.0 Å². The number of imidazole rings is 1. The third-order valence-corrected chi connectivity index (χ3v) is 6.75. The Morgan fingerprint density at radius 2 is 1.70 bits per heavy atom. The van der Waals surface area contributed by atoms with Crippen molar-refractivity contribution >= 4 is 45.9 Å². The van der Waals surface area contributed by atoms with Crippen molar-refractivity contribution in [3.63, 3.8) is 0 Å². The molecule has 0 fully saturated rings. The molecule has 4 rings (SSSR count). The molecule has 3 aromatic rings. The molecule has 0 aliphatic carbocycles. The van der Waals surface area contributed by atoms with Gasteiger partial charge in [-0.3, -0.25) is 0 Å². The summed E-state index contributed by atoms with van der Waals surface area (Å²) in [6.07, 6.45) is -1.25. The van der Waals surface area contributed by atoms with Gasteiger partial charge in [-0.15, -0.1) is 0 Å². The number of alkyl halides is 3. The molecule has 0 bridgehead atoms. The highest BCUT2D eigenvalue weighted by atomic mass is 35.5. The van der Waals surface area contributed by atoms with Crippen molar-refractivity contribution < 1.29 is 18.3 Å². The predicted molar refractivity (Wildman–Crippen MR) is 127 cm³/mol. The van der Waals surface area contributed by atoms with Gasteiger partial charge in [0.25, 0.3) is 0 Å². The highest BCUT2D eigenvalue weighted by Gasteiger charge is 2.38. The van der Waals surface area contributed by atoms with Gasteiger partial charge in [-0.05, 0) is 43.5 Å². The second kappa shape index (κ2) is 9.01. The third-order valence-electron chi connectivity index (χ3n) is 6.21. The molecule has 33 heavy (non-hydrogen) atoms. The molecule has 0 spiro atoms. The van der Waals surface area contributed by atoms with Crippen LogP contribution in [-0.2, 0) is 18.3 Å². The van der Waals surface area contributed by atoms with Gasteiger partial charge in [0.2, 0.25) is 5.95 Å². The van der Waals surface area contributed by atoms with E-state index < -0.39 is 17.3 Å². The smallest absolute Gasteiger partial charge is 0.385 e. The number of aliphatic hydroxyl groups is 1. The largest absolute Gasteiger partial charge is 0.418 e. The molecule has 0 atom stereocenters. The maximum absolute atomic E-state index is 13.9. The monoisotopic (exact) mass is 499 g/mol. The fraction of sp³-hybridized carbons (Fsp3) is 0.458. The minimum Gasteiger partial charge on any atom is -0.385 e. The summed E-state index contributed by atoms with van der Waals surface area (Å²) in [6, 6.07) is 7.31. The van der Waals surface area contributed by atoms with Gasteiger partial charge in [0.05, 0.1) is 27.4 Å². The van der Waals surface area contributed by atoms with Crippen LogP contribution in [0.5, 0.6) is 0 Å². The van der Waals surface area contributed by atoms with Crippen LogP contribution < -0.4 is 4.90 Å². The van der Waals surface area contributed by atoms with E-state index in [1.165, 1.54) is 12.1 Å². The summed E-state index contributed by atoms with van der Waals surface area (Å²) in [6.45, 7) is 4.97. The highest BCUT2D eigenvalue weighted by molar-refractivity contribution is 6.35. The fourth-order valence-electron chi connectivity index (χ4n) is 4.90. The summed E-state index contributed by atoms with van der Waals surface area (Å²) in [5.41, 5.74) is 0.0215. The Bertz CT molecular complexity index is 1170. The van der Waals surface area contributed by atoms with Crippen molar-refractivity contribution in [2.45, 2.75) is 64.3 Å². The lowest BCUT2D eigenvalue weighted by molar-refractivity contribution is -0.137. The van der Waals surface area contributed by atoms with Crippen LogP contribution in [0.3, 0.4) is 0 Å². The molecular formula is C24H26Cl2F3N3O. The Morgan fingerprint density at radius 1 is 1.00 bits per heavy atom. The molecule has 2 heterocycles. The van der Waals surface area contributed by atoms with Crippen molar-refractivity contribution in [1.82, 2.24) is 9.55 Å². The van der Waals surface area contributed by atoms with Crippen LogP contribution in [-0.4, -0.2) is 21.2 Å². The van der Waals surface area contributed by atoms with Crippen LogP contribution in [0.1, 0.15) is 57.1 Å². The number of aromatic nitrogens is 2. The van der Waals surface area contributed by atoms with E-state index in [-0.39, 0.29) is 10.7 Å². The van der Waals surface area contributed by atoms with E-state index in [0.29, 0.717) is 54.4 Å². The van der Waals surface area contributed by atoms with E-state index in [9.17, 15) is 18.3 Å². The van der Waals surface area contributed by atoms with Crippen molar-refractivity contribution in [2.75, 3.05) is 11.4 Å². The molecule has 2 aromatic carbocycles. The maximum atomic E-state index is 13.9. The van der Waals surface area contributed by atoms with Gasteiger partial charge in [-0.2, -0.15) is 13.2 Å². The molecule has 0 radical (unpaired) electrons. The number of nitrogens with zero attached hydrogens (tertiary/aromatic N) is 3. The number of halogens is 5. The Balaban J connectivity index is 1.96. The van der Waals surface area contributed by atoms with Crippen molar-refractivity contribution in [1.29, 1.82) is 0 Å². The normalized spacial score (nSPS) is 14.7. The van der Waals surface area contributed by atoms with Gasteiger partial charge in [-0.1, -0.05) is 56.0 Å². The molecule has 0 unspecified atom stereocenters. The van der Waals surface area contributed by atoms with Crippen molar-refractivity contribution in [3.8, 4) is 0 Å². The molecule has 4 nitrogen and oxygen atoms in total. The molecule has 1 aliphatic rings. The number of hydrogen-bond donors (Lipinski definition) is 1. The van der Waals surface area contributed by atoms with E-state index in [1.807, 2.05) is 24.5 Å². The van der Waals surface area contributed by atoms with E-state index in [4.69, 9.17) is 28.2 Å². The van der Waals surface area contributed by atoms with E-state index in [2.05, 4.69) is 0 Å². The Labute approximate surface area is 200 Å². The average molecular weight is 500 g/mol. The molecule has 9 heteroatoms. The maximum Gasteiger partial charge on any atom is 0.418 e. The molecule has 0 amide bonds. The average Bonchev–Trinajstić information content (AvgIpc) is 3.14. The fourth-order valence-corrected chi connectivity index (χ4v) is 5.26. The Hall–Kier alpha value is -1.96. The standard InChI is InChI=1S/C24H26Cl2F3N3O/c1-3-10-23(33,11-4-2)16-7-8-18(26)20-21(16)32-13-5-12-31(22(32)30-20)19-9-6-15(25)14-17(19)24(27,28)29/h6-9,14,33H,3-5,10-13H2,1-2H3. The second-order valence-corrected chi connectivity index (χ2v) is 9.40. The van der Waals surface area contributed by atoms with E-state index >= 15 is 0 Å². The van der Waals surface area contributed by atoms with Gasteiger partial charge in [0.15, 0.2) is 0 Å². The van der Waals surface area contributed by atoms with E-state index in [0.717, 1.165) is 24.5 Å². The third kappa shape index (κ3) is 4.31. The molecule has 0 saturated heterocycles. The number of hydrogen-bond acceptors (Lipinski definition) is 3.